The van der Waals surface area contributed by atoms with Crippen LogP contribution in [-0.4, -0.2) is 49.3 Å². The van der Waals surface area contributed by atoms with Gasteiger partial charge in [0.15, 0.2) is 0 Å². The van der Waals surface area contributed by atoms with Crippen LogP contribution in [0.3, 0.4) is 0 Å². The number of carbonyl (C=O) groups is 2. The van der Waals surface area contributed by atoms with Crippen molar-refractivity contribution in [1.29, 1.82) is 0 Å². The molecule has 6 nitrogen and oxygen atoms in total. The largest absolute Gasteiger partial charge is 0.497 e. The zero-order valence-electron chi connectivity index (χ0n) is 12.2. The van der Waals surface area contributed by atoms with Gasteiger partial charge in [-0.2, -0.15) is 11.8 Å². The van der Waals surface area contributed by atoms with Crippen LogP contribution in [0.25, 0.3) is 0 Å². The van der Waals surface area contributed by atoms with Gasteiger partial charge in [0, 0.05) is 6.07 Å². The van der Waals surface area contributed by atoms with Crippen molar-refractivity contribution in [2.75, 3.05) is 26.2 Å². The molecular formula is C14H19NO5S. The van der Waals surface area contributed by atoms with Crippen LogP contribution in [0.1, 0.15) is 16.8 Å². The number of carboxylic acid groups (broad SMARTS) is 1. The number of carboxylic acids is 1. The summed E-state index contributed by atoms with van der Waals surface area (Å²) >= 11 is 1.53. The Balaban J connectivity index is 2.89. The molecule has 1 atom stereocenters. The average molecular weight is 313 g/mol. The summed E-state index contributed by atoms with van der Waals surface area (Å²) in [5, 5.41) is 11.6. The first-order valence-electron chi connectivity index (χ1n) is 6.28. The van der Waals surface area contributed by atoms with Gasteiger partial charge in [0.1, 0.15) is 17.5 Å². The number of aliphatic carboxylic acids is 1. The van der Waals surface area contributed by atoms with Gasteiger partial charge in [-0.1, -0.05) is 0 Å². The van der Waals surface area contributed by atoms with E-state index < -0.39 is 17.9 Å². The molecule has 7 heteroatoms. The highest BCUT2D eigenvalue weighted by atomic mass is 32.2. The van der Waals surface area contributed by atoms with E-state index in [1.54, 1.807) is 18.2 Å². The van der Waals surface area contributed by atoms with Gasteiger partial charge in [0.05, 0.1) is 19.8 Å². The van der Waals surface area contributed by atoms with Crippen molar-refractivity contribution in [1.82, 2.24) is 5.32 Å². The minimum atomic E-state index is -1.05. The Morgan fingerprint density at radius 2 is 2.05 bits per heavy atom. The molecular weight excluding hydrogens is 294 g/mol. The highest BCUT2D eigenvalue weighted by Gasteiger charge is 2.22. The number of carbonyl (C=O) groups excluding carboxylic acids is 1. The van der Waals surface area contributed by atoms with E-state index in [1.165, 1.54) is 26.0 Å². The number of ether oxygens (including phenoxy) is 2. The lowest BCUT2D eigenvalue weighted by Crippen LogP contribution is -2.41. The maximum absolute atomic E-state index is 12.2. The molecule has 0 aromatic heterocycles. The number of methoxy groups -OCH3 is 2. The Bertz CT molecular complexity index is 506. The summed E-state index contributed by atoms with van der Waals surface area (Å²) in [6, 6.07) is 3.82. The molecule has 1 aromatic carbocycles. The van der Waals surface area contributed by atoms with E-state index in [-0.39, 0.29) is 5.56 Å². The standard InChI is InChI=1S/C14H19NO5S/c1-19-9-4-5-10(12(8-9)20-2)13(16)15-11(14(17)18)6-7-21-3/h4-5,8,11H,6-7H2,1-3H3,(H,15,16)(H,17,18)/t11-/m0/s1. The third-order valence-electron chi connectivity index (χ3n) is 2.87. The molecule has 0 heterocycles. The van der Waals surface area contributed by atoms with Gasteiger partial charge < -0.3 is 19.9 Å². The fraction of sp³-hybridized carbons (Fsp3) is 0.429. The van der Waals surface area contributed by atoms with Crippen molar-refractivity contribution in [2.24, 2.45) is 0 Å². The number of rotatable bonds is 8. The van der Waals surface area contributed by atoms with Crippen molar-refractivity contribution >= 4 is 23.6 Å². The topological polar surface area (TPSA) is 84.9 Å². The zero-order valence-corrected chi connectivity index (χ0v) is 13.0. The minimum Gasteiger partial charge on any atom is -0.497 e. The van der Waals surface area contributed by atoms with Gasteiger partial charge in [0.25, 0.3) is 5.91 Å². The molecule has 0 unspecified atom stereocenters. The normalized spacial score (nSPS) is 11.6. The van der Waals surface area contributed by atoms with Crippen LogP contribution in [-0.2, 0) is 4.79 Å². The second kappa shape index (κ2) is 8.41. The van der Waals surface area contributed by atoms with E-state index in [2.05, 4.69) is 5.32 Å². The number of thioether (sulfide) groups is 1. The molecule has 0 saturated heterocycles. The second-order valence-corrected chi connectivity index (χ2v) is 5.20. The average Bonchev–Trinajstić information content (AvgIpc) is 2.50. The summed E-state index contributed by atoms with van der Waals surface area (Å²) in [5.74, 6) is 0.00564. The Morgan fingerprint density at radius 3 is 2.57 bits per heavy atom. The SMILES string of the molecule is COc1ccc(C(=O)N[C@@H](CCSC)C(=O)O)c(OC)c1. The van der Waals surface area contributed by atoms with Crippen LogP contribution in [0, 0.1) is 0 Å². The molecule has 0 spiro atoms. The summed E-state index contributed by atoms with van der Waals surface area (Å²) in [6.07, 6.45) is 2.24. The van der Waals surface area contributed by atoms with E-state index in [0.29, 0.717) is 23.7 Å². The first kappa shape index (κ1) is 17.2. The zero-order chi connectivity index (χ0) is 15.8. The van der Waals surface area contributed by atoms with Crippen molar-refractivity contribution < 1.29 is 24.2 Å². The predicted octanol–water partition coefficient (Wildman–Crippen LogP) is 1.64. The van der Waals surface area contributed by atoms with E-state index in [4.69, 9.17) is 14.6 Å². The maximum atomic E-state index is 12.2. The number of hydrogen-bond donors (Lipinski definition) is 2. The summed E-state index contributed by atoms with van der Waals surface area (Å²) in [4.78, 5) is 23.4. The van der Waals surface area contributed by atoms with Crippen LogP contribution in [0.15, 0.2) is 18.2 Å². The fourth-order valence-electron chi connectivity index (χ4n) is 1.72. The summed E-state index contributed by atoms with van der Waals surface area (Å²) in [6.45, 7) is 0. The second-order valence-electron chi connectivity index (χ2n) is 4.21. The van der Waals surface area contributed by atoms with Gasteiger partial charge in [-0.25, -0.2) is 4.79 Å². The van der Waals surface area contributed by atoms with Crippen LogP contribution in [0.5, 0.6) is 11.5 Å². The summed E-state index contributed by atoms with van der Waals surface area (Å²) in [7, 11) is 2.95. The van der Waals surface area contributed by atoms with Crippen molar-refractivity contribution in [3.63, 3.8) is 0 Å². The Kier molecular flexibility index (Phi) is 6.87. The molecule has 0 aliphatic rings. The Hall–Kier alpha value is -1.89. The maximum Gasteiger partial charge on any atom is 0.326 e. The van der Waals surface area contributed by atoms with Gasteiger partial charge in [-0.05, 0) is 30.6 Å². The molecule has 21 heavy (non-hydrogen) atoms. The van der Waals surface area contributed by atoms with E-state index in [0.717, 1.165) is 0 Å². The van der Waals surface area contributed by atoms with Crippen LogP contribution in [0.4, 0.5) is 0 Å². The smallest absolute Gasteiger partial charge is 0.326 e. The van der Waals surface area contributed by atoms with E-state index >= 15 is 0 Å². The summed E-state index contributed by atoms with van der Waals surface area (Å²) < 4.78 is 10.2. The molecule has 1 rings (SSSR count). The van der Waals surface area contributed by atoms with Crippen LogP contribution in [0.2, 0.25) is 0 Å². The minimum absolute atomic E-state index is 0.272. The molecule has 0 aliphatic heterocycles. The van der Waals surface area contributed by atoms with Gasteiger partial charge in [0.2, 0.25) is 0 Å². The predicted molar refractivity (Wildman–Crippen MR) is 81.4 cm³/mol. The lowest BCUT2D eigenvalue weighted by Gasteiger charge is -2.15. The molecule has 0 bridgehead atoms. The highest BCUT2D eigenvalue weighted by molar-refractivity contribution is 7.98. The van der Waals surface area contributed by atoms with Gasteiger partial charge >= 0.3 is 5.97 Å². The first-order valence-corrected chi connectivity index (χ1v) is 7.67. The molecule has 0 fully saturated rings. The third-order valence-corrected chi connectivity index (χ3v) is 3.51. The molecule has 2 N–H and O–H groups in total. The third kappa shape index (κ3) is 4.86. The summed E-state index contributed by atoms with van der Waals surface area (Å²) in [5.41, 5.74) is 0.272. The molecule has 116 valence electrons. The van der Waals surface area contributed by atoms with E-state index in [9.17, 15) is 9.59 Å². The molecule has 1 amide bonds. The number of amides is 1. The first-order chi connectivity index (χ1) is 10.0. The number of benzene rings is 1. The Labute approximate surface area is 127 Å². The molecule has 0 aliphatic carbocycles. The quantitative estimate of drug-likeness (QED) is 0.759. The molecule has 0 saturated carbocycles. The lowest BCUT2D eigenvalue weighted by atomic mass is 10.1. The van der Waals surface area contributed by atoms with Crippen molar-refractivity contribution in [3.8, 4) is 11.5 Å². The number of hydrogen-bond acceptors (Lipinski definition) is 5. The number of nitrogens with one attached hydrogen (secondary N) is 1. The van der Waals surface area contributed by atoms with Crippen molar-refractivity contribution in [3.05, 3.63) is 23.8 Å². The van der Waals surface area contributed by atoms with Crippen LogP contribution < -0.4 is 14.8 Å². The lowest BCUT2D eigenvalue weighted by molar-refractivity contribution is -0.139. The van der Waals surface area contributed by atoms with Crippen molar-refractivity contribution in [2.45, 2.75) is 12.5 Å². The highest BCUT2D eigenvalue weighted by Crippen LogP contribution is 2.24. The van der Waals surface area contributed by atoms with Gasteiger partial charge in [-0.3, -0.25) is 4.79 Å². The Morgan fingerprint density at radius 1 is 1.33 bits per heavy atom. The molecule has 0 radical (unpaired) electrons. The molecule has 1 aromatic rings. The fourth-order valence-corrected chi connectivity index (χ4v) is 2.19. The monoisotopic (exact) mass is 313 g/mol. The van der Waals surface area contributed by atoms with E-state index in [1.807, 2.05) is 6.26 Å². The van der Waals surface area contributed by atoms with Gasteiger partial charge in [-0.15, -0.1) is 0 Å². The van der Waals surface area contributed by atoms with Crippen LogP contribution >= 0.6 is 11.8 Å².